The Balaban J connectivity index is 2.00. The predicted octanol–water partition coefficient (Wildman–Crippen LogP) is 4.22. The van der Waals surface area contributed by atoms with Crippen molar-refractivity contribution in [2.24, 2.45) is 0 Å². The smallest absolute Gasteiger partial charge is 0.224 e. The number of hydrogen-bond acceptors (Lipinski definition) is 3. The van der Waals surface area contributed by atoms with Gasteiger partial charge >= 0.3 is 0 Å². The fourth-order valence-corrected chi connectivity index (χ4v) is 2.53. The topological polar surface area (TPSA) is 55.4 Å². The molecule has 2 rings (SSSR count). The number of amides is 1. The van der Waals surface area contributed by atoms with Crippen LogP contribution in [0.4, 0.5) is 5.69 Å². The summed E-state index contributed by atoms with van der Waals surface area (Å²) >= 11 is 0. The van der Waals surface area contributed by atoms with Gasteiger partial charge in [-0.3, -0.25) is 9.59 Å². The number of anilines is 1. The van der Waals surface area contributed by atoms with E-state index in [0.29, 0.717) is 17.0 Å². The second-order valence-electron chi connectivity index (χ2n) is 5.99. The molecule has 1 N–H and O–H groups in total. The maximum Gasteiger partial charge on any atom is 0.224 e. The van der Waals surface area contributed by atoms with E-state index >= 15 is 0 Å². The fraction of sp³-hybridized carbons (Fsp3) is 0.300. The van der Waals surface area contributed by atoms with Crippen LogP contribution in [0.2, 0.25) is 0 Å². The van der Waals surface area contributed by atoms with Gasteiger partial charge in [0.15, 0.2) is 5.78 Å². The van der Waals surface area contributed by atoms with Crippen molar-refractivity contribution < 1.29 is 14.3 Å². The van der Waals surface area contributed by atoms with Crippen LogP contribution in [-0.2, 0) is 4.79 Å². The quantitative estimate of drug-likeness (QED) is 0.809. The van der Waals surface area contributed by atoms with Crippen LogP contribution in [0.15, 0.2) is 36.4 Å². The number of aryl methyl sites for hydroxylation is 3. The first-order valence-corrected chi connectivity index (χ1v) is 7.95. The maximum atomic E-state index is 12.3. The van der Waals surface area contributed by atoms with Gasteiger partial charge in [0.25, 0.3) is 0 Å². The van der Waals surface area contributed by atoms with Crippen LogP contribution in [0, 0.1) is 20.8 Å². The monoisotopic (exact) mass is 325 g/mol. The highest BCUT2D eigenvalue weighted by atomic mass is 16.5. The van der Waals surface area contributed by atoms with Gasteiger partial charge in [0.2, 0.25) is 5.91 Å². The van der Waals surface area contributed by atoms with E-state index in [2.05, 4.69) is 5.32 Å². The lowest BCUT2D eigenvalue weighted by atomic mass is 9.99. The molecule has 24 heavy (non-hydrogen) atoms. The lowest BCUT2D eigenvalue weighted by Gasteiger charge is -2.11. The Labute approximate surface area is 142 Å². The molecule has 0 fully saturated rings. The van der Waals surface area contributed by atoms with Gasteiger partial charge in [-0.1, -0.05) is 23.8 Å². The van der Waals surface area contributed by atoms with E-state index in [4.69, 9.17) is 4.74 Å². The highest BCUT2D eigenvalue weighted by Gasteiger charge is 2.13. The number of benzene rings is 2. The number of Topliss-reactive ketones (excluding diaryl/α,β-unsaturated/α-hetero) is 1. The van der Waals surface area contributed by atoms with E-state index < -0.39 is 0 Å². The fourth-order valence-electron chi connectivity index (χ4n) is 2.53. The third-order valence-electron chi connectivity index (χ3n) is 3.90. The lowest BCUT2D eigenvalue weighted by Crippen LogP contribution is -2.14. The Morgan fingerprint density at radius 1 is 0.958 bits per heavy atom. The Bertz CT molecular complexity index is 765. The summed E-state index contributed by atoms with van der Waals surface area (Å²) in [6.07, 6.45) is 0.327. The van der Waals surface area contributed by atoms with Crippen molar-refractivity contribution >= 4 is 17.4 Å². The molecule has 0 aromatic heterocycles. The summed E-state index contributed by atoms with van der Waals surface area (Å²) in [5.74, 6) is 0.398. The van der Waals surface area contributed by atoms with Crippen LogP contribution < -0.4 is 10.1 Å². The van der Waals surface area contributed by atoms with E-state index in [1.54, 1.807) is 7.11 Å². The molecule has 0 aliphatic carbocycles. The van der Waals surface area contributed by atoms with Gasteiger partial charge < -0.3 is 10.1 Å². The second-order valence-corrected chi connectivity index (χ2v) is 5.99. The molecular weight excluding hydrogens is 302 g/mol. The van der Waals surface area contributed by atoms with Crippen molar-refractivity contribution in [1.82, 2.24) is 0 Å². The van der Waals surface area contributed by atoms with E-state index in [-0.39, 0.29) is 24.5 Å². The number of rotatable bonds is 6. The molecule has 4 heteroatoms. The molecule has 0 saturated carbocycles. The Kier molecular flexibility index (Phi) is 5.74. The SMILES string of the molecule is COc1ccc(C)cc1NC(=O)CCC(=O)c1cc(C)ccc1C. The van der Waals surface area contributed by atoms with Crippen LogP contribution in [0.1, 0.15) is 39.9 Å². The van der Waals surface area contributed by atoms with Gasteiger partial charge in [0.1, 0.15) is 5.75 Å². The highest BCUT2D eigenvalue weighted by Crippen LogP contribution is 2.25. The van der Waals surface area contributed by atoms with E-state index in [9.17, 15) is 9.59 Å². The summed E-state index contributed by atoms with van der Waals surface area (Å²) in [5, 5.41) is 2.82. The first kappa shape index (κ1) is 17.7. The van der Waals surface area contributed by atoms with Crippen LogP contribution in [0.3, 0.4) is 0 Å². The number of nitrogens with one attached hydrogen (secondary N) is 1. The molecule has 0 aliphatic rings. The number of ketones is 1. The molecule has 0 aliphatic heterocycles. The average molecular weight is 325 g/mol. The minimum Gasteiger partial charge on any atom is -0.495 e. The van der Waals surface area contributed by atoms with E-state index in [1.165, 1.54) is 0 Å². The van der Waals surface area contributed by atoms with Crippen molar-refractivity contribution in [1.29, 1.82) is 0 Å². The zero-order valence-electron chi connectivity index (χ0n) is 14.6. The van der Waals surface area contributed by atoms with Gasteiger partial charge in [0, 0.05) is 18.4 Å². The lowest BCUT2D eigenvalue weighted by molar-refractivity contribution is -0.116. The molecule has 0 unspecified atom stereocenters. The number of carbonyl (C=O) groups is 2. The zero-order valence-corrected chi connectivity index (χ0v) is 14.6. The van der Waals surface area contributed by atoms with E-state index in [1.807, 2.05) is 57.2 Å². The van der Waals surface area contributed by atoms with Crippen molar-refractivity contribution in [3.8, 4) is 5.75 Å². The second kappa shape index (κ2) is 7.77. The summed E-state index contributed by atoms with van der Waals surface area (Å²) in [6, 6.07) is 11.4. The van der Waals surface area contributed by atoms with Gasteiger partial charge in [-0.25, -0.2) is 0 Å². The Morgan fingerprint density at radius 2 is 1.62 bits per heavy atom. The highest BCUT2D eigenvalue weighted by molar-refractivity contribution is 6.01. The minimum absolute atomic E-state index is 0.0115. The van der Waals surface area contributed by atoms with Crippen molar-refractivity contribution in [3.05, 3.63) is 58.7 Å². The third-order valence-corrected chi connectivity index (χ3v) is 3.90. The first-order chi connectivity index (χ1) is 11.4. The van der Waals surface area contributed by atoms with Gasteiger partial charge in [-0.2, -0.15) is 0 Å². The van der Waals surface area contributed by atoms with Crippen LogP contribution in [-0.4, -0.2) is 18.8 Å². The number of carbonyl (C=O) groups excluding carboxylic acids is 2. The number of hydrogen-bond donors (Lipinski definition) is 1. The summed E-state index contributed by atoms with van der Waals surface area (Å²) in [5.41, 5.74) is 4.32. The molecule has 0 bridgehead atoms. The summed E-state index contributed by atoms with van der Waals surface area (Å²) in [6.45, 7) is 5.80. The predicted molar refractivity (Wildman–Crippen MR) is 95.8 cm³/mol. The standard InChI is InChI=1S/C20H23NO3/c1-13-5-7-15(3)16(11-13)18(22)8-10-20(23)21-17-12-14(2)6-9-19(17)24-4/h5-7,9,11-12H,8,10H2,1-4H3,(H,21,23). The molecule has 0 spiro atoms. The van der Waals surface area contributed by atoms with E-state index in [0.717, 1.165) is 16.7 Å². The maximum absolute atomic E-state index is 12.3. The van der Waals surface area contributed by atoms with Gasteiger partial charge in [0.05, 0.1) is 12.8 Å². The zero-order chi connectivity index (χ0) is 17.7. The summed E-state index contributed by atoms with van der Waals surface area (Å²) < 4.78 is 5.24. The Morgan fingerprint density at radius 3 is 2.33 bits per heavy atom. The van der Waals surface area contributed by atoms with Crippen molar-refractivity contribution in [2.45, 2.75) is 33.6 Å². The van der Waals surface area contributed by atoms with Gasteiger partial charge in [-0.15, -0.1) is 0 Å². The van der Waals surface area contributed by atoms with Crippen LogP contribution in [0.5, 0.6) is 5.75 Å². The summed E-state index contributed by atoms with van der Waals surface area (Å²) in [7, 11) is 1.56. The molecule has 2 aromatic rings. The molecule has 0 saturated heterocycles. The molecule has 0 heterocycles. The Hall–Kier alpha value is -2.62. The van der Waals surface area contributed by atoms with Crippen LogP contribution in [0.25, 0.3) is 0 Å². The molecule has 126 valence electrons. The molecule has 4 nitrogen and oxygen atoms in total. The first-order valence-electron chi connectivity index (χ1n) is 7.95. The summed E-state index contributed by atoms with van der Waals surface area (Å²) in [4.78, 5) is 24.5. The molecule has 0 radical (unpaired) electrons. The third kappa shape index (κ3) is 4.44. The van der Waals surface area contributed by atoms with Crippen LogP contribution >= 0.6 is 0 Å². The normalized spacial score (nSPS) is 10.3. The number of ether oxygens (including phenoxy) is 1. The molecular formula is C20H23NO3. The minimum atomic E-state index is -0.197. The average Bonchev–Trinajstić information content (AvgIpc) is 2.55. The largest absolute Gasteiger partial charge is 0.495 e. The van der Waals surface area contributed by atoms with Crippen molar-refractivity contribution in [2.75, 3.05) is 12.4 Å². The number of methoxy groups -OCH3 is 1. The van der Waals surface area contributed by atoms with Crippen molar-refractivity contribution in [3.63, 3.8) is 0 Å². The molecule has 2 aromatic carbocycles. The molecule has 0 atom stereocenters. The molecule has 1 amide bonds. The van der Waals surface area contributed by atoms with Gasteiger partial charge in [-0.05, 0) is 50.1 Å².